The minimum absolute atomic E-state index is 0.119. The van der Waals surface area contributed by atoms with Crippen molar-refractivity contribution in [2.75, 3.05) is 30.4 Å². The molecule has 0 saturated heterocycles. The number of nitrogens with one attached hydrogen (secondary N) is 1. The van der Waals surface area contributed by atoms with E-state index in [1.54, 1.807) is 0 Å². The van der Waals surface area contributed by atoms with E-state index in [0.29, 0.717) is 0 Å². The normalized spacial score (nSPS) is 14.6. The van der Waals surface area contributed by atoms with E-state index in [-0.39, 0.29) is 5.41 Å². The van der Waals surface area contributed by atoms with Crippen LogP contribution >= 0.6 is 0 Å². The van der Waals surface area contributed by atoms with Crippen LogP contribution < -0.4 is 10.2 Å². The molecule has 2 aromatic rings. The summed E-state index contributed by atoms with van der Waals surface area (Å²) in [5.74, 6) is 0. The molecule has 1 heterocycles. The van der Waals surface area contributed by atoms with Crippen molar-refractivity contribution in [3.05, 3.63) is 59.7 Å². The van der Waals surface area contributed by atoms with Crippen LogP contribution in [0.25, 0.3) is 0 Å². The van der Waals surface area contributed by atoms with Crippen molar-refractivity contribution in [2.45, 2.75) is 32.1 Å². The second kappa shape index (κ2) is 6.04. The number of aryl methyl sites for hydroxylation is 1. The van der Waals surface area contributed by atoms with E-state index in [0.717, 1.165) is 6.54 Å². The Balaban J connectivity index is 1.72. The van der Waals surface area contributed by atoms with Gasteiger partial charge in [-0.2, -0.15) is 0 Å². The van der Waals surface area contributed by atoms with Crippen LogP contribution in [0.1, 0.15) is 31.4 Å². The van der Waals surface area contributed by atoms with Gasteiger partial charge < -0.3 is 10.2 Å². The molecule has 2 heteroatoms. The smallest absolute Gasteiger partial charge is 0.0397 e. The average Bonchev–Trinajstić information content (AvgIpc) is 2.54. The van der Waals surface area contributed by atoms with Gasteiger partial charge in [0.15, 0.2) is 0 Å². The molecule has 1 aliphatic heterocycles. The lowest BCUT2D eigenvalue weighted by Gasteiger charge is -2.29. The van der Waals surface area contributed by atoms with Crippen molar-refractivity contribution in [3.63, 3.8) is 0 Å². The molecular weight excluding hydrogens is 268 g/mol. The SMILES string of the molecule is CN1CCCc2cc(NCC(C)(C)c3ccccc3)ccc21. The Bertz CT molecular complexity index is 631. The standard InChI is InChI=1S/C20H26N2/c1-20(2,17-9-5-4-6-10-17)15-21-18-11-12-19-16(14-18)8-7-13-22(19)3/h4-6,9-12,14,21H,7-8,13,15H2,1-3H3. The molecule has 0 bridgehead atoms. The number of benzene rings is 2. The quantitative estimate of drug-likeness (QED) is 0.895. The summed E-state index contributed by atoms with van der Waals surface area (Å²) in [4.78, 5) is 2.36. The van der Waals surface area contributed by atoms with E-state index < -0.39 is 0 Å². The highest BCUT2D eigenvalue weighted by atomic mass is 15.1. The molecule has 22 heavy (non-hydrogen) atoms. The van der Waals surface area contributed by atoms with E-state index in [9.17, 15) is 0 Å². The Morgan fingerprint density at radius 3 is 2.64 bits per heavy atom. The highest BCUT2D eigenvalue weighted by Gasteiger charge is 2.20. The number of rotatable bonds is 4. The summed E-state index contributed by atoms with van der Waals surface area (Å²) in [5.41, 5.74) is 5.59. The van der Waals surface area contributed by atoms with Gasteiger partial charge in [-0.25, -0.2) is 0 Å². The predicted octanol–water partition coefficient (Wildman–Crippen LogP) is 4.46. The third-order valence-corrected chi connectivity index (χ3v) is 4.72. The van der Waals surface area contributed by atoms with Crippen molar-refractivity contribution in [2.24, 2.45) is 0 Å². The van der Waals surface area contributed by atoms with Gasteiger partial charge in [-0.3, -0.25) is 0 Å². The monoisotopic (exact) mass is 294 g/mol. The summed E-state index contributed by atoms with van der Waals surface area (Å²) in [5, 5.41) is 3.63. The minimum Gasteiger partial charge on any atom is -0.384 e. The summed E-state index contributed by atoms with van der Waals surface area (Å²) < 4.78 is 0. The summed E-state index contributed by atoms with van der Waals surface area (Å²) >= 11 is 0. The molecule has 0 atom stereocenters. The fraction of sp³-hybridized carbons (Fsp3) is 0.400. The molecule has 0 saturated carbocycles. The van der Waals surface area contributed by atoms with Gasteiger partial charge in [0.05, 0.1) is 0 Å². The summed E-state index contributed by atoms with van der Waals surface area (Å²) in [6, 6.07) is 17.5. The first-order valence-electron chi connectivity index (χ1n) is 8.20. The van der Waals surface area contributed by atoms with Crippen molar-refractivity contribution >= 4 is 11.4 Å². The van der Waals surface area contributed by atoms with Crippen LogP contribution in [0.2, 0.25) is 0 Å². The molecule has 1 N–H and O–H groups in total. The minimum atomic E-state index is 0.119. The van der Waals surface area contributed by atoms with Crippen LogP contribution in [0, 0.1) is 0 Å². The highest BCUT2D eigenvalue weighted by Crippen LogP contribution is 2.29. The van der Waals surface area contributed by atoms with Crippen LogP contribution in [-0.2, 0) is 11.8 Å². The van der Waals surface area contributed by atoms with E-state index in [1.807, 2.05) is 0 Å². The zero-order valence-corrected chi connectivity index (χ0v) is 13.9. The summed E-state index contributed by atoms with van der Waals surface area (Å²) in [6.07, 6.45) is 2.44. The van der Waals surface area contributed by atoms with Gasteiger partial charge in [-0.1, -0.05) is 44.2 Å². The van der Waals surface area contributed by atoms with Crippen LogP contribution in [0.15, 0.2) is 48.5 Å². The molecule has 116 valence electrons. The summed E-state index contributed by atoms with van der Waals surface area (Å²) in [6.45, 7) is 6.69. The molecule has 1 aliphatic rings. The van der Waals surface area contributed by atoms with Crippen molar-refractivity contribution in [3.8, 4) is 0 Å². The van der Waals surface area contributed by atoms with E-state index in [1.165, 1.54) is 41.9 Å². The first-order chi connectivity index (χ1) is 10.6. The Morgan fingerprint density at radius 2 is 1.86 bits per heavy atom. The molecule has 0 aromatic heterocycles. The lowest BCUT2D eigenvalue weighted by molar-refractivity contribution is 0.557. The predicted molar refractivity (Wildman–Crippen MR) is 96.0 cm³/mol. The topological polar surface area (TPSA) is 15.3 Å². The number of nitrogens with zero attached hydrogens (tertiary/aromatic N) is 1. The molecule has 3 rings (SSSR count). The Labute approximate surface area is 134 Å². The molecule has 0 amide bonds. The van der Waals surface area contributed by atoms with Gasteiger partial charge in [-0.05, 0) is 42.2 Å². The molecular formula is C20H26N2. The van der Waals surface area contributed by atoms with Crippen LogP contribution in [0.4, 0.5) is 11.4 Å². The van der Waals surface area contributed by atoms with Gasteiger partial charge in [-0.15, -0.1) is 0 Å². The van der Waals surface area contributed by atoms with Crippen LogP contribution in [0.3, 0.4) is 0 Å². The fourth-order valence-electron chi connectivity index (χ4n) is 3.21. The second-order valence-electron chi connectivity index (χ2n) is 6.97. The van der Waals surface area contributed by atoms with Gasteiger partial charge in [0.1, 0.15) is 0 Å². The van der Waals surface area contributed by atoms with E-state index >= 15 is 0 Å². The first-order valence-corrected chi connectivity index (χ1v) is 8.20. The van der Waals surface area contributed by atoms with Crippen molar-refractivity contribution < 1.29 is 0 Å². The molecule has 0 aliphatic carbocycles. The zero-order valence-electron chi connectivity index (χ0n) is 13.9. The Morgan fingerprint density at radius 1 is 1.09 bits per heavy atom. The van der Waals surface area contributed by atoms with Gasteiger partial charge >= 0.3 is 0 Å². The second-order valence-corrected chi connectivity index (χ2v) is 6.97. The van der Waals surface area contributed by atoms with E-state index in [4.69, 9.17) is 0 Å². The fourth-order valence-corrected chi connectivity index (χ4v) is 3.21. The maximum atomic E-state index is 3.63. The maximum absolute atomic E-state index is 3.63. The Kier molecular flexibility index (Phi) is 4.10. The van der Waals surface area contributed by atoms with E-state index in [2.05, 4.69) is 79.6 Å². The lowest BCUT2D eigenvalue weighted by Crippen LogP contribution is -2.28. The van der Waals surface area contributed by atoms with Gasteiger partial charge in [0, 0.05) is 36.9 Å². The zero-order chi connectivity index (χ0) is 15.6. The van der Waals surface area contributed by atoms with Crippen LogP contribution in [-0.4, -0.2) is 20.1 Å². The maximum Gasteiger partial charge on any atom is 0.0397 e. The number of hydrogen-bond donors (Lipinski definition) is 1. The largest absolute Gasteiger partial charge is 0.384 e. The molecule has 2 aromatic carbocycles. The van der Waals surface area contributed by atoms with Crippen molar-refractivity contribution in [1.82, 2.24) is 0 Å². The molecule has 0 radical (unpaired) electrons. The highest BCUT2D eigenvalue weighted by molar-refractivity contribution is 5.62. The molecule has 0 unspecified atom stereocenters. The van der Waals surface area contributed by atoms with Crippen LogP contribution in [0.5, 0.6) is 0 Å². The third-order valence-electron chi connectivity index (χ3n) is 4.72. The third kappa shape index (κ3) is 3.11. The number of anilines is 2. The molecule has 0 fully saturated rings. The van der Waals surface area contributed by atoms with Crippen molar-refractivity contribution in [1.29, 1.82) is 0 Å². The van der Waals surface area contributed by atoms with Gasteiger partial charge in [0.25, 0.3) is 0 Å². The molecule has 2 nitrogen and oxygen atoms in total. The van der Waals surface area contributed by atoms with Gasteiger partial charge in [0.2, 0.25) is 0 Å². The number of hydrogen-bond acceptors (Lipinski definition) is 2. The number of fused-ring (bicyclic) bond motifs is 1. The molecule has 0 spiro atoms. The lowest BCUT2D eigenvalue weighted by atomic mass is 9.84. The summed E-state index contributed by atoms with van der Waals surface area (Å²) in [7, 11) is 2.18. The first kappa shape index (κ1) is 15.0. The average molecular weight is 294 g/mol. The Hall–Kier alpha value is -1.96.